The van der Waals surface area contributed by atoms with Crippen LogP contribution in [0.1, 0.15) is 20.8 Å². The molecule has 10 heteroatoms. The van der Waals surface area contributed by atoms with Gasteiger partial charge in [0, 0.05) is 41.9 Å². The molecule has 8 nitrogen and oxygen atoms in total. The number of anilines is 2. The number of rotatable bonds is 5. The highest BCUT2D eigenvalue weighted by molar-refractivity contribution is 7.90. The van der Waals surface area contributed by atoms with Crippen LogP contribution >= 0.6 is 11.3 Å². The molecular formula is C21H19N3O5S2. The van der Waals surface area contributed by atoms with Gasteiger partial charge in [-0.05, 0) is 41.6 Å². The first-order valence-electron chi connectivity index (χ1n) is 9.42. The first-order chi connectivity index (χ1) is 14.7. The summed E-state index contributed by atoms with van der Waals surface area (Å²) in [6.07, 6.45) is 1.86. The van der Waals surface area contributed by atoms with Crippen molar-refractivity contribution in [1.29, 1.82) is 0 Å². The van der Waals surface area contributed by atoms with Crippen molar-refractivity contribution < 1.29 is 18.1 Å². The van der Waals surface area contributed by atoms with E-state index in [4.69, 9.17) is 0 Å². The van der Waals surface area contributed by atoms with Crippen molar-refractivity contribution in [2.45, 2.75) is 17.9 Å². The summed E-state index contributed by atoms with van der Waals surface area (Å²) in [6.45, 7) is 1.52. The van der Waals surface area contributed by atoms with Gasteiger partial charge in [0.25, 0.3) is 11.6 Å². The molecule has 1 N–H and O–H groups in total. The van der Waals surface area contributed by atoms with Gasteiger partial charge in [0.15, 0.2) is 9.84 Å². The Morgan fingerprint density at radius 1 is 1.19 bits per heavy atom. The second-order valence-electron chi connectivity index (χ2n) is 7.26. The molecule has 0 fully saturated rings. The third kappa shape index (κ3) is 4.44. The molecule has 0 radical (unpaired) electrons. The average Bonchev–Trinajstić information content (AvgIpc) is 3.21. The smallest absolute Gasteiger partial charge is 0.271 e. The molecule has 0 saturated carbocycles. The third-order valence-corrected chi connectivity index (χ3v) is 7.21. The number of thiophene rings is 1. The van der Waals surface area contributed by atoms with Crippen LogP contribution in [0.3, 0.4) is 0 Å². The molecule has 2 heterocycles. The molecule has 4 rings (SSSR count). The molecule has 160 valence electrons. The van der Waals surface area contributed by atoms with E-state index < -0.39 is 26.4 Å². The summed E-state index contributed by atoms with van der Waals surface area (Å²) in [5, 5.41) is 16.1. The van der Waals surface area contributed by atoms with Gasteiger partial charge < -0.3 is 10.2 Å². The molecule has 0 aliphatic carbocycles. The van der Waals surface area contributed by atoms with Crippen LogP contribution < -0.4 is 10.2 Å². The Bertz CT molecular complexity index is 1280. The fourth-order valence-corrected chi connectivity index (χ4v) is 5.10. The number of sulfone groups is 1. The lowest BCUT2D eigenvalue weighted by atomic mass is 10.1. The Kier molecular flexibility index (Phi) is 5.50. The van der Waals surface area contributed by atoms with Crippen molar-refractivity contribution in [1.82, 2.24) is 0 Å². The van der Waals surface area contributed by atoms with Gasteiger partial charge in [0.2, 0.25) is 0 Å². The van der Waals surface area contributed by atoms with Crippen LogP contribution in [0.15, 0.2) is 58.8 Å². The number of para-hydroxylation sites is 2. The first kappa shape index (κ1) is 21.0. The normalized spacial score (nSPS) is 13.5. The minimum atomic E-state index is -3.73. The molecular weight excluding hydrogens is 438 g/mol. The average molecular weight is 458 g/mol. The number of carbonyl (C=O) groups excluding carboxylic acids is 1. The molecule has 1 amide bonds. The Morgan fingerprint density at radius 3 is 2.71 bits per heavy atom. The lowest BCUT2D eigenvalue weighted by molar-refractivity contribution is -0.385. The van der Waals surface area contributed by atoms with Crippen molar-refractivity contribution in [2.24, 2.45) is 0 Å². The zero-order chi connectivity index (χ0) is 22.2. The van der Waals surface area contributed by atoms with Gasteiger partial charge in [-0.2, -0.15) is 0 Å². The molecule has 0 spiro atoms. The van der Waals surface area contributed by atoms with Gasteiger partial charge in [-0.25, -0.2) is 8.42 Å². The molecule has 1 aliphatic rings. The van der Waals surface area contributed by atoms with Gasteiger partial charge in [-0.3, -0.25) is 14.9 Å². The summed E-state index contributed by atoms with van der Waals surface area (Å²) in [6, 6.07) is 12.6. The number of nitrogens with zero attached hydrogens (tertiary/aromatic N) is 2. The number of benzene rings is 2. The number of nitro groups is 1. The lowest BCUT2D eigenvalue weighted by Crippen LogP contribution is -2.30. The molecule has 2 aromatic carbocycles. The Balaban J connectivity index is 1.65. The first-order valence-corrected chi connectivity index (χ1v) is 12.2. The zero-order valence-electron chi connectivity index (χ0n) is 16.6. The molecule has 1 aliphatic heterocycles. The molecule has 31 heavy (non-hydrogen) atoms. The highest BCUT2D eigenvalue weighted by atomic mass is 32.2. The zero-order valence-corrected chi connectivity index (χ0v) is 18.2. The van der Waals surface area contributed by atoms with E-state index >= 15 is 0 Å². The van der Waals surface area contributed by atoms with E-state index in [1.807, 2.05) is 12.1 Å². The van der Waals surface area contributed by atoms with Crippen molar-refractivity contribution >= 4 is 44.1 Å². The second-order valence-corrected chi connectivity index (χ2v) is 10.3. The summed E-state index contributed by atoms with van der Waals surface area (Å²) in [4.78, 5) is 26.7. The van der Waals surface area contributed by atoms with Crippen LogP contribution in [0.5, 0.6) is 0 Å². The van der Waals surface area contributed by atoms with Crippen molar-refractivity contribution in [2.75, 3.05) is 23.0 Å². The standard InChI is InChI=1S/C21H19N3O5S2/c1-31(28,29)17-11-15(10-16(12-17)24(26)27)21(25)22-18-4-2-3-5-19(18)23-8-6-20-14(13-23)7-9-30-20/h2-5,7,9-12H,6,8,13H2,1H3,(H,22,25). The maximum Gasteiger partial charge on any atom is 0.271 e. The highest BCUT2D eigenvalue weighted by Gasteiger charge is 2.22. The number of fused-ring (bicyclic) bond motifs is 1. The van der Waals surface area contributed by atoms with Crippen LogP contribution in [0.4, 0.5) is 17.1 Å². The van der Waals surface area contributed by atoms with E-state index in [2.05, 4.69) is 21.7 Å². The van der Waals surface area contributed by atoms with Gasteiger partial charge >= 0.3 is 0 Å². The van der Waals surface area contributed by atoms with E-state index in [1.54, 1.807) is 23.5 Å². The van der Waals surface area contributed by atoms with Crippen LogP contribution in [0, 0.1) is 10.1 Å². The van der Waals surface area contributed by atoms with Gasteiger partial charge in [0.05, 0.1) is 21.2 Å². The molecule has 0 unspecified atom stereocenters. The predicted molar refractivity (Wildman–Crippen MR) is 120 cm³/mol. The van der Waals surface area contributed by atoms with E-state index in [0.717, 1.165) is 49.7 Å². The summed E-state index contributed by atoms with van der Waals surface area (Å²) in [5.74, 6) is -0.616. The van der Waals surface area contributed by atoms with Gasteiger partial charge in [-0.1, -0.05) is 12.1 Å². The molecule has 3 aromatic rings. The minimum absolute atomic E-state index is 0.0943. The van der Waals surface area contributed by atoms with E-state index in [0.29, 0.717) is 5.69 Å². The number of hydrogen-bond acceptors (Lipinski definition) is 7. The van der Waals surface area contributed by atoms with Gasteiger partial charge in [-0.15, -0.1) is 11.3 Å². The van der Waals surface area contributed by atoms with E-state index in [9.17, 15) is 23.3 Å². The number of nitro benzene ring substituents is 1. The quantitative estimate of drug-likeness (QED) is 0.460. The van der Waals surface area contributed by atoms with Crippen molar-refractivity contribution in [3.63, 3.8) is 0 Å². The van der Waals surface area contributed by atoms with Crippen molar-refractivity contribution in [3.8, 4) is 0 Å². The topological polar surface area (TPSA) is 110 Å². The van der Waals surface area contributed by atoms with E-state index in [1.165, 1.54) is 10.4 Å². The molecule has 0 saturated heterocycles. The molecule has 1 aromatic heterocycles. The predicted octanol–water partition coefficient (Wildman–Crippen LogP) is 3.87. The number of amides is 1. The largest absolute Gasteiger partial charge is 0.365 e. The fourth-order valence-electron chi connectivity index (χ4n) is 3.54. The monoisotopic (exact) mass is 457 g/mol. The lowest BCUT2D eigenvalue weighted by Gasteiger charge is -2.30. The SMILES string of the molecule is CS(=O)(=O)c1cc(C(=O)Nc2ccccc2N2CCc3sccc3C2)cc([N+](=O)[O-])c1. The minimum Gasteiger partial charge on any atom is -0.365 e. The second kappa shape index (κ2) is 8.12. The number of non-ortho nitro benzene ring substituents is 1. The maximum atomic E-state index is 12.9. The molecule has 0 atom stereocenters. The summed E-state index contributed by atoms with van der Waals surface area (Å²) in [5.41, 5.74) is 2.10. The summed E-state index contributed by atoms with van der Waals surface area (Å²) in [7, 11) is -3.73. The number of hydrogen-bond donors (Lipinski definition) is 1. The van der Waals surface area contributed by atoms with Crippen molar-refractivity contribution in [3.05, 3.63) is 80.0 Å². The van der Waals surface area contributed by atoms with E-state index in [-0.39, 0.29) is 10.5 Å². The number of nitrogens with one attached hydrogen (secondary N) is 1. The molecule has 0 bridgehead atoms. The Labute approximate surface area is 183 Å². The summed E-state index contributed by atoms with van der Waals surface area (Å²) >= 11 is 1.74. The van der Waals surface area contributed by atoms with Crippen LogP contribution in [-0.4, -0.2) is 32.0 Å². The van der Waals surface area contributed by atoms with Crippen LogP contribution in [0.25, 0.3) is 0 Å². The van der Waals surface area contributed by atoms with Gasteiger partial charge in [0.1, 0.15) is 0 Å². The Hall–Kier alpha value is -3.24. The maximum absolute atomic E-state index is 12.9. The highest BCUT2D eigenvalue weighted by Crippen LogP contribution is 2.32. The number of carbonyl (C=O) groups is 1. The third-order valence-electron chi connectivity index (χ3n) is 5.09. The fraction of sp³-hybridized carbons (Fsp3) is 0.190. The summed E-state index contributed by atoms with van der Waals surface area (Å²) < 4.78 is 23.8. The van der Waals surface area contributed by atoms with Crippen LogP contribution in [-0.2, 0) is 22.8 Å². The van der Waals surface area contributed by atoms with Crippen LogP contribution in [0.2, 0.25) is 0 Å². The Morgan fingerprint density at radius 2 is 1.97 bits per heavy atom.